The molecule has 1 heterocycles. The number of ether oxygens (including phenoxy) is 1. The van der Waals surface area contributed by atoms with Gasteiger partial charge in [0, 0.05) is 18.9 Å². The predicted molar refractivity (Wildman–Crippen MR) is 79.1 cm³/mol. The molecule has 1 aromatic rings. The van der Waals surface area contributed by atoms with Gasteiger partial charge in [0.2, 0.25) is 0 Å². The fourth-order valence-corrected chi connectivity index (χ4v) is 3.22. The molecule has 1 aliphatic rings. The van der Waals surface area contributed by atoms with Gasteiger partial charge in [-0.05, 0) is 35.4 Å². The Morgan fingerprint density at radius 1 is 1.50 bits per heavy atom. The first kappa shape index (κ1) is 14.0. The SMILES string of the molecule is COCC(C)c1nc(C2CCCC2)c(I)c(=O)[nH]1. The van der Waals surface area contributed by atoms with Gasteiger partial charge in [-0.2, -0.15) is 0 Å². The molecular weight excluding hydrogens is 343 g/mol. The third kappa shape index (κ3) is 2.93. The zero-order valence-corrected chi connectivity index (χ0v) is 13.0. The topological polar surface area (TPSA) is 55.0 Å². The molecule has 1 aromatic heterocycles. The maximum absolute atomic E-state index is 12.0. The first-order valence-corrected chi connectivity index (χ1v) is 7.50. The number of methoxy groups -OCH3 is 1. The molecule has 1 N–H and O–H groups in total. The second-order valence-corrected chi connectivity index (χ2v) is 6.07. The first-order valence-electron chi connectivity index (χ1n) is 6.42. The number of nitrogens with one attached hydrogen (secondary N) is 1. The molecule has 4 nitrogen and oxygen atoms in total. The van der Waals surface area contributed by atoms with E-state index in [0.717, 1.165) is 27.9 Å². The van der Waals surface area contributed by atoms with Crippen LogP contribution < -0.4 is 5.56 Å². The number of aromatic nitrogens is 2. The molecule has 100 valence electrons. The summed E-state index contributed by atoms with van der Waals surface area (Å²) in [6.45, 7) is 2.60. The molecule has 0 radical (unpaired) electrons. The summed E-state index contributed by atoms with van der Waals surface area (Å²) < 4.78 is 5.89. The van der Waals surface area contributed by atoms with E-state index < -0.39 is 0 Å². The van der Waals surface area contributed by atoms with Gasteiger partial charge < -0.3 is 9.72 Å². The van der Waals surface area contributed by atoms with Crippen LogP contribution in [0.3, 0.4) is 0 Å². The van der Waals surface area contributed by atoms with Gasteiger partial charge in [0.25, 0.3) is 5.56 Å². The molecule has 0 amide bonds. The van der Waals surface area contributed by atoms with Crippen LogP contribution in [0.25, 0.3) is 0 Å². The quantitative estimate of drug-likeness (QED) is 0.839. The number of nitrogens with zero attached hydrogens (tertiary/aromatic N) is 1. The Labute approximate surface area is 121 Å². The normalized spacial score (nSPS) is 18.2. The van der Waals surface area contributed by atoms with Crippen LogP contribution in [-0.4, -0.2) is 23.7 Å². The van der Waals surface area contributed by atoms with E-state index in [9.17, 15) is 4.79 Å². The Kier molecular flexibility index (Phi) is 4.77. The van der Waals surface area contributed by atoms with Crippen LogP contribution in [0.2, 0.25) is 0 Å². The highest BCUT2D eigenvalue weighted by atomic mass is 127. The minimum Gasteiger partial charge on any atom is -0.384 e. The number of hydrogen-bond donors (Lipinski definition) is 1. The molecule has 1 atom stereocenters. The number of H-pyrrole nitrogens is 1. The third-order valence-corrected chi connectivity index (χ3v) is 4.57. The van der Waals surface area contributed by atoms with Crippen LogP contribution in [0.15, 0.2) is 4.79 Å². The van der Waals surface area contributed by atoms with Crippen molar-refractivity contribution in [2.75, 3.05) is 13.7 Å². The number of hydrogen-bond acceptors (Lipinski definition) is 3. The second-order valence-electron chi connectivity index (χ2n) is 4.99. The lowest BCUT2D eigenvalue weighted by Crippen LogP contribution is -2.22. The molecule has 0 spiro atoms. The van der Waals surface area contributed by atoms with Crippen molar-refractivity contribution in [3.8, 4) is 0 Å². The van der Waals surface area contributed by atoms with Gasteiger partial charge in [-0.15, -0.1) is 0 Å². The maximum atomic E-state index is 12.0. The summed E-state index contributed by atoms with van der Waals surface area (Å²) >= 11 is 2.12. The van der Waals surface area contributed by atoms with Crippen molar-refractivity contribution in [1.82, 2.24) is 9.97 Å². The summed E-state index contributed by atoms with van der Waals surface area (Å²) in [5, 5.41) is 0. The lowest BCUT2D eigenvalue weighted by molar-refractivity contribution is 0.181. The molecule has 5 heteroatoms. The molecule has 0 bridgehead atoms. The summed E-state index contributed by atoms with van der Waals surface area (Å²) in [5.74, 6) is 1.34. The van der Waals surface area contributed by atoms with Crippen LogP contribution in [-0.2, 0) is 4.74 Å². The fraction of sp³-hybridized carbons (Fsp3) is 0.692. The van der Waals surface area contributed by atoms with Crippen LogP contribution in [0.5, 0.6) is 0 Å². The Morgan fingerprint density at radius 3 is 2.78 bits per heavy atom. The average Bonchev–Trinajstić information content (AvgIpc) is 2.86. The fourth-order valence-electron chi connectivity index (χ4n) is 2.53. The van der Waals surface area contributed by atoms with Crippen molar-refractivity contribution in [3.63, 3.8) is 0 Å². The summed E-state index contributed by atoms with van der Waals surface area (Å²) in [7, 11) is 1.67. The molecule has 1 fully saturated rings. The van der Waals surface area contributed by atoms with E-state index in [0.29, 0.717) is 12.5 Å². The third-order valence-electron chi connectivity index (χ3n) is 3.53. The standard InChI is InChI=1S/C13H19IN2O2/c1-8(7-18-2)12-15-11(9-5-3-4-6-9)10(14)13(17)16-12/h8-9H,3-7H2,1-2H3,(H,15,16,17). The average molecular weight is 362 g/mol. The van der Waals surface area contributed by atoms with Crippen LogP contribution in [0.1, 0.15) is 56.0 Å². The minimum atomic E-state index is -0.00884. The molecule has 1 unspecified atom stereocenters. The van der Waals surface area contributed by atoms with E-state index in [1.54, 1.807) is 7.11 Å². The highest BCUT2D eigenvalue weighted by Gasteiger charge is 2.23. The summed E-state index contributed by atoms with van der Waals surface area (Å²) in [4.78, 5) is 19.5. The van der Waals surface area contributed by atoms with E-state index in [4.69, 9.17) is 9.72 Å². The van der Waals surface area contributed by atoms with E-state index >= 15 is 0 Å². The summed E-state index contributed by atoms with van der Waals surface area (Å²) in [6.07, 6.45) is 4.81. The Morgan fingerprint density at radius 2 is 2.17 bits per heavy atom. The lowest BCUT2D eigenvalue weighted by Gasteiger charge is -2.15. The zero-order valence-electron chi connectivity index (χ0n) is 10.8. The van der Waals surface area contributed by atoms with E-state index in [1.165, 1.54) is 12.8 Å². The molecule has 0 saturated heterocycles. The van der Waals surface area contributed by atoms with Gasteiger partial charge in [-0.3, -0.25) is 4.79 Å². The van der Waals surface area contributed by atoms with Crippen LogP contribution in [0, 0.1) is 3.57 Å². The lowest BCUT2D eigenvalue weighted by atomic mass is 10.0. The van der Waals surface area contributed by atoms with Crippen molar-refractivity contribution < 1.29 is 4.74 Å². The molecule has 1 aliphatic carbocycles. The molecule has 1 saturated carbocycles. The van der Waals surface area contributed by atoms with Gasteiger partial charge in [0.05, 0.1) is 15.9 Å². The summed E-state index contributed by atoms with van der Waals surface area (Å²) in [5.41, 5.74) is 0.986. The number of rotatable bonds is 4. The van der Waals surface area contributed by atoms with Gasteiger partial charge >= 0.3 is 0 Å². The molecule has 2 rings (SSSR count). The molecule has 18 heavy (non-hydrogen) atoms. The van der Waals surface area contributed by atoms with Crippen molar-refractivity contribution in [1.29, 1.82) is 0 Å². The smallest absolute Gasteiger partial charge is 0.264 e. The maximum Gasteiger partial charge on any atom is 0.264 e. The van der Waals surface area contributed by atoms with Gasteiger partial charge in [0.15, 0.2) is 0 Å². The van der Waals surface area contributed by atoms with Gasteiger partial charge in [0.1, 0.15) is 5.82 Å². The van der Waals surface area contributed by atoms with E-state index in [2.05, 4.69) is 27.6 Å². The molecule has 0 aromatic carbocycles. The first-order chi connectivity index (χ1) is 8.63. The van der Waals surface area contributed by atoms with Crippen molar-refractivity contribution in [2.24, 2.45) is 0 Å². The van der Waals surface area contributed by atoms with Gasteiger partial charge in [-0.1, -0.05) is 19.8 Å². The van der Waals surface area contributed by atoms with E-state index in [1.807, 2.05) is 6.92 Å². The zero-order chi connectivity index (χ0) is 13.1. The number of aromatic amines is 1. The Hall–Kier alpha value is -0.430. The van der Waals surface area contributed by atoms with Crippen molar-refractivity contribution in [3.05, 3.63) is 25.4 Å². The Bertz CT molecular complexity index is 467. The van der Waals surface area contributed by atoms with Crippen molar-refractivity contribution in [2.45, 2.75) is 44.4 Å². The van der Waals surface area contributed by atoms with Crippen molar-refractivity contribution >= 4 is 22.6 Å². The highest BCUT2D eigenvalue weighted by Crippen LogP contribution is 2.34. The minimum absolute atomic E-state index is 0.00884. The van der Waals surface area contributed by atoms with Crippen LogP contribution in [0.4, 0.5) is 0 Å². The monoisotopic (exact) mass is 362 g/mol. The highest BCUT2D eigenvalue weighted by molar-refractivity contribution is 14.1. The predicted octanol–water partition coefficient (Wildman–Crippen LogP) is 2.78. The second kappa shape index (κ2) is 6.14. The number of halogens is 1. The molecular formula is C13H19IN2O2. The van der Waals surface area contributed by atoms with E-state index in [-0.39, 0.29) is 11.5 Å². The van der Waals surface area contributed by atoms with Gasteiger partial charge in [-0.25, -0.2) is 4.98 Å². The summed E-state index contributed by atoms with van der Waals surface area (Å²) in [6, 6.07) is 0. The molecule has 0 aliphatic heterocycles. The Balaban J connectivity index is 2.36. The largest absolute Gasteiger partial charge is 0.384 e. The van der Waals surface area contributed by atoms with Crippen LogP contribution >= 0.6 is 22.6 Å².